The lowest BCUT2D eigenvalue weighted by Crippen LogP contribution is -2.09. The maximum Gasteiger partial charge on any atom is 0.340 e. The molecule has 0 aliphatic carbocycles. The Kier molecular flexibility index (Phi) is 4.94. The molecule has 0 saturated carbocycles. The first-order chi connectivity index (χ1) is 10.0. The number of esters is 1. The lowest BCUT2D eigenvalue weighted by Gasteiger charge is -2.13. The number of hydrogen-bond donors (Lipinski definition) is 2. The van der Waals surface area contributed by atoms with Crippen LogP contribution in [0, 0.1) is 0 Å². The summed E-state index contributed by atoms with van der Waals surface area (Å²) < 4.78 is 4.96. The highest BCUT2D eigenvalue weighted by molar-refractivity contribution is 6.35. The van der Waals surface area contributed by atoms with Crippen LogP contribution in [0.2, 0.25) is 10.0 Å². The number of nitrogen functional groups attached to an aromatic ring is 1. The molecule has 3 N–H and O–H groups in total. The summed E-state index contributed by atoms with van der Waals surface area (Å²) in [6, 6.07) is 10.1. The van der Waals surface area contributed by atoms with Gasteiger partial charge >= 0.3 is 5.97 Å². The van der Waals surface area contributed by atoms with Gasteiger partial charge in [0.2, 0.25) is 0 Å². The number of nitrogens with one attached hydrogen (secondary N) is 1. The number of para-hydroxylation sites is 1. The SMILES string of the molecule is CCOC(=O)c1cccc(Nc2cc(Cl)ccc2Cl)c1N. The van der Waals surface area contributed by atoms with Gasteiger partial charge in [0.05, 0.1) is 34.3 Å². The third-order valence-corrected chi connectivity index (χ3v) is 3.36. The maximum absolute atomic E-state index is 11.8. The maximum atomic E-state index is 11.8. The van der Waals surface area contributed by atoms with Crippen molar-refractivity contribution >= 4 is 46.2 Å². The smallest absolute Gasteiger partial charge is 0.340 e. The number of nitrogens with two attached hydrogens (primary N) is 1. The summed E-state index contributed by atoms with van der Waals surface area (Å²) in [5, 5.41) is 4.11. The number of ether oxygens (including phenoxy) is 1. The predicted octanol–water partition coefficient (Wildman–Crippen LogP) is 4.50. The lowest BCUT2D eigenvalue weighted by molar-refractivity contribution is 0.0527. The molecule has 0 fully saturated rings. The zero-order chi connectivity index (χ0) is 15.4. The number of hydrogen-bond acceptors (Lipinski definition) is 4. The molecule has 0 saturated heterocycles. The largest absolute Gasteiger partial charge is 0.462 e. The van der Waals surface area contributed by atoms with Gasteiger partial charge in [-0.3, -0.25) is 0 Å². The Labute approximate surface area is 132 Å². The van der Waals surface area contributed by atoms with E-state index in [1.807, 2.05) is 0 Å². The van der Waals surface area contributed by atoms with Crippen molar-refractivity contribution in [3.05, 3.63) is 52.0 Å². The number of carbonyl (C=O) groups excluding carboxylic acids is 1. The Morgan fingerprint density at radius 2 is 2.00 bits per heavy atom. The van der Waals surface area contributed by atoms with E-state index in [2.05, 4.69) is 5.32 Å². The second kappa shape index (κ2) is 6.70. The number of benzene rings is 2. The molecular formula is C15H14Cl2N2O2. The van der Waals surface area contributed by atoms with Gasteiger partial charge < -0.3 is 15.8 Å². The van der Waals surface area contributed by atoms with Gasteiger partial charge in [0.15, 0.2) is 0 Å². The highest BCUT2D eigenvalue weighted by Crippen LogP contribution is 2.32. The lowest BCUT2D eigenvalue weighted by atomic mass is 10.1. The van der Waals surface area contributed by atoms with Crippen molar-refractivity contribution in [2.24, 2.45) is 0 Å². The van der Waals surface area contributed by atoms with Crippen molar-refractivity contribution in [2.75, 3.05) is 17.7 Å². The minimum Gasteiger partial charge on any atom is -0.462 e. The van der Waals surface area contributed by atoms with Crippen LogP contribution in [0.1, 0.15) is 17.3 Å². The van der Waals surface area contributed by atoms with Crippen molar-refractivity contribution in [3.8, 4) is 0 Å². The minimum absolute atomic E-state index is 0.288. The third-order valence-electron chi connectivity index (χ3n) is 2.80. The zero-order valence-corrected chi connectivity index (χ0v) is 12.8. The van der Waals surface area contributed by atoms with E-state index in [0.29, 0.717) is 32.7 Å². The van der Waals surface area contributed by atoms with Gasteiger partial charge in [-0.05, 0) is 37.3 Å². The van der Waals surface area contributed by atoms with Gasteiger partial charge in [0.1, 0.15) is 0 Å². The zero-order valence-electron chi connectivity index (χ0n) is 11.3. The molecule has 0 heterocycles. The van der Waals surface area contributed by atoms with Crippen LogP contribution in [0.3, 0.4) is 0 Å². The van der Waals surface area contributed by atoms with Gasteiger partial charge in [-0.1, -0.05) is 29.3 Å². The van der Waals surface area contributed by atoms with E-state index in [1.165, 1.54) is 0 Å². The molecule has 2 aromatic carbocycles. The summed E-state index contributed by atoms with van der Waals surface area (Å²) in [6.45, 7) is 2.03. The van der Waals surface area contributed by atoms with Crippen molar-refractivity contribution < 1.29 is 9.53 Å². The van der Waals surface area contributed by atoms with Crippen LogP contribution >= 0.6 is 23.2 Å². The second-order valence-corrected chi connectivity index (χ2v) is 5.08. The molecule has 0 radical (unpaired) electrons. The molecule has 0 aliphatic rings. The Morgan fingerprint density at radius 3 is 2.71 bits per heavy atom. The quantitative estimate of drug-likeness (QED) is 0.642. The predicted molar refractivity (Wildman–Crippen MR) is 86.6 cm³/mol. The molecule has 2 rings (SSSR count). The van der Waals surface area contributed by atoms with E-state index >= 15 is 0 Å². The molecule has 0 spiro atoms. The average Bonchev–Trinajstić information content (AvgIpc) is 2.45. The van der Waals surface area contributed by atoms with E-state index in [0.717, 1.165) is 0 Å². The molecule has 0 amide bonds. The fourth-order valence-electron chi connectivity index (χ4n) is 1.80. The Balaban J connectivity index is 2.35. The second-order valence-electron chi connectivity index (χ2n) is 4.24. The van der Waals surface area contributed by atoms with Crippen molar-refractivity contribution in [3.63, 3.8) is 0 Å². The molecule has 0 bridgehead atoms. The van der Waals surface area contributed by atoms with Gasteiger partial charge in [0, 0.05) is 5.02 Å². The molecule has 0 aliphatic heterocycles. The monoisotopic (exact) mass is 324 g/mol. The highest BCUT2D eigenvalue weighted by atomic mass is 35.5. The first-order valence-electron chi connectivity index (χ1n) is 6.30. The van der Waals surface area contributed by atoms with Crippen molar-refractivity contribution in [1.29, 1.82) is 0 Å². The molecule has 0 atom stereocenters. The van der Waals surface area contributed by atoms with E-state index in [1.54, 1.807) is 43.3 Å². The molecule has 110 valence electrons. The molecule has 2 aromatic rings. The van der Waals surface area contributed by atoms with Crippen LogP contribution in [0.15, 0.2) is 36.4 Å². The summed E-state index contributed by atoms with van der Waals surface area (Å²) in [4.78, 5) is 11.8. The summed E-state index contributed by atoms with van der Waals surface area (Å²) in [6.07, 6.45) is 0. The summed E-state index contributed by atoms with van der Waals surface area (Å²) in [5.74, 6) is -0.462. The van der Waals surface area contributed by atoms with Crippen molar-refractivity contribution in [2.45, 2.75) is 6.92 Å². The number of carbonyl (C=O) groups is 1. The third kappa shape index (κ3) is 3.60. The standard InChI is InChI=1S/C15H14Cl2N2O2/c1-2-21-15(20)10-4-3-5-12(14(10)18)19-13-8-9(16)6-7-11(13)17/h3-8,19H,2,18H2,1H3. The molecule has 0 aromatic heterocycles. The van der Waals surface area contributed by atoms with E-state index in [-0.39, 0.29) is 6.61 Å². The molecule has 21 heavy (non-hydrogen) atoms. The molecular weight excluding hydrogens is 311 g/mol. The fraction of sp³-hybridized carbons (Fsp3) is 0.133. The number of halogens is 2. The van der Waals surface area contributed by atoms with Crippen LogP contribution < -0.4 is 11.1 Å². The normalized spacial score (nSPS) is 10.2. The topological polar surface area (TPSA) is 64.3 Å². The van der Waals surface area contributed by atoms with Crippen LogP contribution in [-0.2, 0) is 4.74 Å². The van der Waals surface area contributed by atoms with Crippen LogP contribution in [0.25, 0.3) is 0 Å². The van der Waals surface area contributed by atoms with Crippen molar-refractivity contribution in [1.82, 2.24) is 0 Å². The van der Waals surface area contributed by atoms with Crippen LogP contribution in [-0.4, -0.2) is 12.6 Å². The summed E-state index contributed by atoms with van der Waals surface area (Å²) in [7, 11) is 0. The fourth-order valence-corrected chi connectivity index (χ4v) is 2.14. The minimum atomic E-state index is -0.462. The van der Waals surface area contributed by atoms with E-state index in [9.17, 15) is 4.79 Å². The van der Waals surface area contributed by atoms with Gasteiger partial charge in [-0.15, -0.1) is 0 Å². The number of anilines is 3. The van der Waals surface area contributed by atoms with E-state index in [4.69, 9.17) is 33.7 Å². The number of rotatable bonds is 4. The van der Waals surface area contributed by atoms with Gasteiger partial charge in [-0.25, -0.2) is 4.79 Å². The molecule has 4 nitrogen and oxygen atoms in total. The van der Waals surface area contributed by atoms with E-state index < -0.39 is 5.97 Å². The average molecular weight is 325 g/mol. The Bertz CT molecular complexity index is 675. The summed E-state index contributed by atoms with van der Waals surface area (Å²) in [5.41, 5.74) is 7.78. The molecule has 0 unspecified atom stereocenters. The first kappa shape index (κ1) is 15.5. The van der Waals surface area contributed by atoms with Gasteiger partial charge in [-0.2, -0.15) is 0 Å². The molecule has 6 heteroatoms. The summed E-state index contributed by atoms with van der Waals surface area (Å²) >= 11 is 12.0. The van der Waals surface area contributed by atoms with Gasteiger partial charge in [0.25, 0.3) is 0 Å². The van der Waals surface area contributed by atoms with Crippen LogP contribution in [0.4, 0.5) is 17.1 Å². The highest BCUT2D eigenvalue weighted by Gasteiger charge is 2.14. The Morgan fingerprint density at radius 1 is 1.24 bits per heavy atom. The van der Waals surface area contributed by atoms with Crippen LogP contribution in [0.5, 0.6) is 0 Å². The first-order valence-corrected chi connectivity index (χ1v) is 7.06. The Hall–Kier alpha value is -1.91.